The third-order valence-electron chi connectivity index (χ3n) is 3.43. The SMILES string of the molecule is CC1CCCCCN1C(=S)Nc1ccccc1Cl. The second-order valence-electron chi connectivity index (χ2n) is 4.80. The molecule has 0 saturated carbocycles. The Kier molecular flexibility index (Phi) is 4.84. The molecular formula is C14H19ClN2S. The molecule has 0 spiro atoms. The van der Waals surface area contributed by atoms with Crippen LogP contribution in [-0.4, -0.2) is 22.6 Å². The Morgan fingerprint density at radius 1 is 1.33 bits per heavy atom. The monoisotopic (exact) mass is 282 g/mol. The first kappa shape index (κ1) is 13.6. The van der Waals surface area contributed by atoms with Gasteiger partial charge < -0.3 is 10.2 Å². The Morgan fingerprint density at radius 3 is 2.89 bits per heavy atom. The predicted octanol–water partition coefficient (Wildman–Crippen LogP) is 4.30. The lowest BCUT2D eigenvalue weighted by molar-refractivity contribution is 0.341. The van der Waals surface area contributed by atoms with Gasteiger partial charge in [0.15, 0.2) is 5.11 Å². The number of para-hydroxylation sites is 1. The third-order valence-corrected chi connectivity index (χ3v) is 4.10. The van der Waals surface area contributed by atoms with E-state index in [1.54, 1.807) is 0 Å². The largest absolute Gasteiger partial charge is 0.346 e. The van der Waals surface area contributed by atoms with Gasteiger partial charge >= 0.3 is 0 Å². The van der Waals surface area contributed by atoms with E-state index < -0.39 is 0 Å². The van der Waals surface area contributed by atoms with Crippen LogP contribution in [0, 0.1) is 0 Å². The van der Waals surface area contributed by atoms with E-state index >= 15 is 0 Å². The van der Waals surface area contributed by atoms with Crippen molar-refractivity contribution in [1.29, 1.82) is 0 Å². The van der Waals surface area contributed by atoms with Crippen molar-refractivity contribution in [2.75, 3.05) is 11.9 Å². The fraction of sp³-hybridized carbons (Fsp3) is 0.500. The molecular weight excluding hydrogens is 264 g/mol. The molecule has 2 rings (SSSR count). The van der Waals surface area contributed by atoms with Gasteiger partial charge in [-0.25, -0.2) is 0 Å². The van der Waals surface area contributed by atoms with Crippen LogP contribution < -0.4 is 5.32 Å². The van der Waals surface area contributed by atoms with Crippen LogP contribution in [0.1, 0.15) is 32.6 Å². The number of benzene rings is 1. The summed E-state index contributed by atoms with van der Waals surface area (Å²) in [6.45, 7) is 3.28. The second kappa shape index (κ2) is 6.39. The van der Waals surface area contributed by atoms with Gasteiger partial charge in [-0.05, 0) is 44.1 Å². The minimum Gasteiger partial charge on any atom is -0.346 e. The van der Waals surface area contributed by atoms with Crippen LogP contribution in [0.4, 0.5) is 5.69 Å². The standard InChI is InChI=1S/C14H19ClN2S/c1-11-7-3-2-6-10-17(11)14(18)16-13-9-5-4-8-12(13)15/h4-5,8-9,11H,2-3,6-7,10H2,1H3,(H,16,18). The van der Waals surface area contributed by atoms with Crippen molar-refractivity contribution >= 4 is 34.6 Å². The molecule has 18 heavy (non-hydrogen) atoms. The molecule has 1 atom stereocenters. The number of thiocarbonyl (C=S) groups is 1. The molecule has 98 valence electrons. The zero-order chi connectivity index (χ0) is 13.0. The van der Waals surface area contributed by atoms with E-state index in [1.807, 2.05) is 24.3 Å². The van der Waals surface area contributed by atoms with Crippen LogP contribution in [0.2, 0.25) is 5.02 Å². The summed E-state index contributed by atoms with van der Waals surface area (Å²) in [5, 5.41) is 4.76. The van der Waals surface area contributed by atoms with E-state index in [2.05, 4.69) is 17.1 Å². The van der Waals surface area contributed by atoms with Crippen molar-refractivity contribution in [3.8, 4) is 0 Å². The Labute approximate surface area is 119 Å². The van der Waals surface area contributed by atoms with Gasteiger partial charge in [-0.1, -0.05) is 36.6 Å². The minimum absolute atomic E-state index is 0.509. The highest BCUT2D eigenvalue weighted by atomic mass is 35.5. The molecule has 0 aromatic heterocycles. The highest BCUT2D eigenvalue weighted by Crippen LogP contribution is 2.22. The summed E-state index contributed by atoms with van der Waals surface area (Å²) in [4.78, 5) is 2.28. The Hall–Kier alpha value is -0.800. The van der Waals surface area contributed by atoms with Crippen molar-refractivity contribution in [3.63, 3.8) is 0 Å². The molecule has 1 aromatic rings. The van der Waals surface area contributed by atoms with Crippen molar-refractivity contribution in [2.45, 2.75) is 38.6 Å². The van der Waals surface area contributed by atoms with Gasteiger partial charge in [0.2, 0.25) is 0 Å². The fourth-order valence-corrected chi connectivity index (χ4v) is 2.89. The van der Waals surface area contributed by atoms with E-state index in [0.717, 1.165) is 17.3 Å². The van der Waals surface area contributed by atoms with Gasteiger partial charge in [0, 0.05) is 12.6 Å². The molecule has 4 heteroatoms. The quantitative estimate of drug-likeness (QED) is 0.773. The minimum atomic E-state index is 0.509. The van der Waals surface area contributed by atoms with Gasteiger partial charge in [-0.2, -0.15) is 0 Å². The lowest BCUT2D eigenvalue weighted by Crippen LogP contribution is -2.40. The van der Waals surface area contributed by atoms with Crippen molar-refractivity contribution in [1.82, 2.24) is 4.90 Å². The average Bonchev–Trinajstić information content (AvgIpc) is 2.57. The first-order valence-electron chi connectivity index (χ1n) is 6.50. The van der Waals surface area contributed by atoms with Crippen LogP contribution in [0.15, 0.2) is 24.3 Å². The number of hydrogen-bond donors (Lipinski definition) is 1. The molecule has 1 N–H and O–H groups in total. The molecule has 0 aliphatic carbocycles. The number of nitrogens with zero attached hydrogens (tertiary/aromatic N) is 1. The molecule has 1 aromatic carbocycles. The first-order chi connectivity index (χ1) is 8.68. The number of nitrogens with one attached hydrogen (secondary N) is 1. The van der Waals surface area contributed by atoms with E-state index in [9.17, 15) is 0 Å². The van der Waals surface area contributed by atoms with Crippen LogP contribution in [0.25, 0.3) is 0 Å². The number of halogens is 1. The Bertz CT molecular complexity index is 422. The summed E-state index contributed by atoms with van der Waals surface area (Å²) in [6.07, 6.45) is 5.03. The molecule has 0 amide bonds. The van der Waals surface area contributed by atoms with Gasteiger partial charge in [0.05, 0.1) is 10.7 Å². The molecule has 1 unspecified atom stereocenters. The van der Waals surface area contributed by atoms with E-state index in [-0.39, 0.29) is 0 Å². The van der Waals surface area contributed by atoms with Crippen molar-refractivity contribution in [2.24, 2.45) is 0 Å². The summed E-state index contributed by atoms with van der Waals surface area (Å²) in [7, 11) is 0. The normalized spacial score (nSPS) is 20.3. The van der Waals surface area contributed by atoms with Crippen molar-refractivity contribution < 1.29 is 0 Å². The van der Waals surface area contributed by atoms with Crippen LogP contribution in [0.5, 0.6) is 0 Å². The van der Waals surface area contributed by atoms with Gasteiger partial charge in [0.25, 0.3) is 0 Å². The lowest BCUT2D eigenvalue weighted by Gasteiger charge is -2.30. The van der Waals surface area contributed by atoms with Crippen molar-refractivity contribution in [3.05, 3.63) is 29.3 Å². The van der Waals surface area contributed by atoms with E-state index in [4.69, 9.17) is 23.8 Å². The maximum atomic E-state index is 6.14. The number of likely N-dealkylation sites (tertiary alicyclic amines) is 1. The first-order valence-corrected chi connectivity index (χ1v) is 7.29. The highest BCUT2D eigenvalue weighted by molar-refractivity contribution is 7.80. The summed E-state index contributed by atoms with van der Waals surface area (Å²) < 4.78 is 0. The number of hydrogen-bond acceptors (Lipinski definition) is 1. The van der Waals surface area contributed by atoms with Gasteiger partial charge in [-0.3, -0.25) is 0 Å². The molecule has 0 radical (unpaired) electrons. The molecule has 1 aliphatic heterocycles. The Morgan fingerprint density at radius 2 is 2.11 bits per heavy atom. The highest BCUT2D eigenvalue weighted by Gasteiger charge is 2.19. The zero-order valence-corrected chi connectivity index (χ0v) is 12.2. The summed E-state index contributed by atoms with van der Waals surface area (Å²) in [6, 6.07) is 8.22. The topological polar surface area (TPSA) is 15.3 Å². The predicted molar refractivity (Wildman–Crippen MR) is 82.3 cm³/mol. The lowest BCUT2D eigenvalue weighted by atomic mass is 10.1. The maximum Gasteiger partial charge on any atom is 0.173 e. The molecule has 0 bridgehead atoms. The molecule has 2 nitrogen and oxygen atoms in total. The zero-order valence-electron chi connectivity index (χ0n) is 10.7. The van der Waals surface area contributed by atoms with Crippen LogP contribution >= 0.6 is 23.8 Å². The molecule has 1 heterocycles. The summed E-state index contributed by atoms with van der Waals surface area (Å²) >= 11 is 11.6. The second-order valence-corrected chi connectivity index (χ2v) is 5.60. The fourth-order valence-electron chi connectivity index (χ4n) is 2.33. The smallest absolute Gasteiger partial charge is 0.173 e. The molecule has 1 fully saturated rings. The van der Waals surface area contributed by atoms with Crippen LogP contribution in [-0.2, 0) is 0 Å². The van der Waals surface area contributed by atoms with Crippen LogP contribution in [0.3, 0.4) is 0 Å². The third kappa shape index (κ3) is 3.36. The average molecular weight is 283 g/mol. The van der Waals surface area contributed by atoms with Gasteiger partial charge in [0.1, 0.15) is 0 Å². The number of rotatable bonds is 1. The summed E-state index contributed by atoms with van der Waals surface area (Å²) in [5.74, 6) is 0. The molecule has 1 saturated heterocycles. The van der Waals surface area contributed by atoms with Gasteiger partial charge in [-0.15, -0.1) is 0 Å². The van der Waals surface area contributed by atoms with E-state index in [0.29, 0.717) is 11.1 Å². The van der Waals surface area contributed by atoms with E-state index in [1.165, 1.54) is 25.7 Å². The number of anilines is 1. The molecule has 1 aliphatic rings. The summed E-state index contributed by atoms with van der Waals surface area (Å²) in [5.41, 5.74) is 0.889. The Balaban J connectivity index is 2.04. The maximum absolute atomic E-state index is 6.14.